The molecule has 1 aliphatic rings. The SMILES string of the molecule is O=C(O)c1ccc([C@@H]2Nc3ccccc3-c3c(=O)[nH]c(SCc4ccccc4F)n[n+]32)cc1. The number of aromatic amines is 1. The van der Waals surface area contributed by atoms with Gasteiger partial charge in [-0.1, -0.05) is 42.1 Å². The van der Waals surface area contributed by atoms with Gasteiger partial charge in [0, 0.05) is 16.4 Å². The van der Waals surface area contributed by atoms with Crippen molar-refractivity contribution in [2.75, 3.05) is 5.32 Å². The Hall–Kier alpha value is -3.98. The van der Waals surface area contributed by atoms with Gasteiger partial charge in [0.2, 0.25) is 5.16 Å². The number of rotatable bonds is 5. The van der Waals surface area contributed by atoms with Gasteiger partial charge < -0.3 is 10.4 Å². The lowest BCUT2D eigenvalue weighted by atomic mass is 10.0. The van der Waals surface area contributed by atoms with E-state index in [1.165, 1.54) is 30.0 Å². The Labute approximate surface area is 191 Å². The predicted molar refractivity (Wildman–Crippen MR) is 122 cm³/mol. The van der Waals surface area contributed by atoms with Crippen LogP contribution in [0.4, 0.5) is 10.1 Å². The van der Waals surface area contributed by atoms with Gasteiger partial charge in [-0.2, -0.15) is 0 Å². The van der Waals surface area contributed by atoms with Crippen molar-refractivity contribution in [1.82, 2.24) is 10.1 Å². The fraction of sp³-hybridized carbons (Fsp3) is 0.0833. The lowest BCUT2D eigenvalue weighted by Gasteiger charge is -2.22. The van der Waals surface area contributed by atoms with Crippen LogP contribution in [-0.4, -0.2) is 21.2 Å². The molecule has 0 fully saturated rings. The third-order valence-corrected chi connectivity index (χ3v) is 6.29. The Morgan fingerprint density at radius 3 is 2.55 bits per heavy atom. The van der Waals surface area contributed by atoms with Crippen LogP contribution in [0.15, 0.2) is 82.7 Å². The molecular formula is C24H18FN4O3S+. The second kappa shape index (κ2) is 8.51. The third-order valence-electron chi connectivity index (χ3n) is 5.38. The number of carbonyl (C=O) groups is 1. The third kappa shape index (κ3) is 3.98. The number of anilines is 1. The minimum absolute atomic E-state index is 0.167. The van der Waals surface area contributed by atoms with Gasteiger partial charge in [0.25, 0.3) is 6.17 Å². The van der Waals surface area contributed by atoms with Crippen molar-refractivity contribution in [3.8, 4) is 11.3 Å². The lowest BCUT2D eigenvalue weighted by molar-refractivity contribution is -0.759. The summed E-state index contributed by atoms with van der Waals surface area (Å²) in [6.07, 6.45) is -0.534. The number of para-hydroxylation sites is 1. The van der Waals surface area contributed by atoms with Gasteiger partial charge in [-0.05, 0) is 52.7 Å². The van der Waals surface area contributed by atoms with Gasteiger partial charge in [-0.25, -0.2) is 9.18 Å². The van der Waals surface area contributed by atoms with Crippen LogP contribution >= 0.6 is 11.8 Å². The minimum Gasteiger partial charge on any atom is -0.478 e. The summed E-state index contributed by atoms with van der Waals surface area (Å²) in [6, 6.07) is 20.3. The summed E-state index contributed by atoms with van der Waals surface area (Å²) < 4.78 is 15.6. The molecule has 0 bridgehead atoms. The smallest absolute Gasteiger partial charge is 0.335 e. The molecule has 3 N–H and O–H groups in total. The van der Waals surface area contributed by atoms with E-state index in [1.54, 1.807) is 35.0 Å². The van der Waals surface area contributed by atoms with Gasteiger partial charge in [0.15, 0.2) is 0 Å². The summed E-state index contributed by atoms with van der Waals surface area (Å²) in [5.74, 6) is -1.03. The van der Waals surface area contributed by atoms with E-state index in [4.69, 9.17) is 0 Å². The van der Waals surface area contributed by atoms with Crippen molar-refractivity contribution in [3.05, 3.63) is 106 Å². The average Bonchev–Trinajstić information content (AvgIpc) is 2.83. The van der Waals surface area contributed by atoms with Crippen LogP contribution in [-0.2, 0) is 5.75 Å². The first-order valence-corrected chi connectivity index (χ1v) is 11.1. The maximum atomic E-state index is 14.0. The number of thioether (sulfide) groups is 1. The molecule has 2 heterocycles. The average molecular weight is 461 g/mol. The van der Waals surface area contributed by atoms with Crippen LogP contribution in [0.3, 0.4) is 0 Å². The number of halogens is 1. The Balaban J connectivity index is 1.58. The minimum atomic E-state index is -1.02. The number of carboxylic acid groups (broad SMARTS) is 1. The van der Waals surface area contributed by atoms with Gasteiger partial charge in [0.05, 0.1) is 16.8 Å². The van der Waals surface area contributed by atoms with Gasteiger partial charge in [0.1, 0.15) is 5.82 Å². The highest BCUT2D eigenvalue weighted by Crippen LogP contribution is 2.32. The quantitative estimate of drug-likeness (QED) is 0.309. The van der Waals surface area contributed by atoms with E-state index in [-0.39, 0.29) is 16.9 Å². The first-order chi connectivity index (χ1) is 16.0. The van der Waals surface area contributed by atoms with Crippen molar-refractivity contribution < 1.29 is 19.0 Å². The lowest BCUT2D eigenvalue weighted by Crippen LogP contribution is -2.55. The predicted octanol–water partition coefficient (Wildman–Crippen LogP) is 3.83. The maximum absolute atomic E-state index is 14.0. The number of aromatic nitrogens is 3. The van der Waals surface area contributed by atoms with Crippen LogP contribution in [0.2, 0.25) is 0 Å². The molecular weight excluding hydrogens is 443 g/mol. The van der Waals surface area contributed by atoms with Gasteiger partial charge >= 0.3 is 17.2 Å². The molecule has 4 aromatic rings. The summed E-state index contributed by atoms with van der Waals surface area (Å²) >= 11 is 1.23. The largest absolute Gasteiger partial charge is 0.478 e. The molecule has 0 spiro atoms. The molecule has 9 heteroatoms. The molecule has 3 aromatic carbocycles. The monoisotopic (exact) mass is 461 g/mol. The number of nitrogens with zero attached hydrogens (tertiary/aromatic N) is 2. The number of hydrogen-bond donors (Lipinski definition) is 3. The number of hydrogen-bond acceptors (Lipinski definition) is 5. The van der Waals surface area contributed by atoms with Crippen LogP contribution in [0.5, 0.6) is 0 Å². The molecule has 0 saturated carbocycles. The number of nitrogens with one attached hydrogen (secondary N) is 2. The Kier molecular flexibility index (Phi) is 5.39. The van der Waals surface area contributed by atoms with E-state index < -0.39 is 12.1 Å². The highest BCUT2D eigenvalue weighted by molar-refractivity contribution is 7.98. The van der Waals surface area contributed by atoms with Crippen molar-refractivity contribution in [1.29, 1.82) is 0 Å². The van der Waals surface area contributed by atoms with Crippen molar-refractivity contribution in [2.24, 2.45) is 0 Å². The molecule has 7 nitrogen and oxygen atoms in total. The highest BCUT2D eigenvalue weighted by Gasteiger charge is 2.37. The molecule has 1 aliphatic heterocycles. The normalized spacial score (nSPS) is 14.2. The Morgan fingerprint density at radius 1 is 1.06 bits per heavy atom. The number of fused-ring (bicyclic) bond motifs is 3. The summed E-state index contributed by atoms with van der Waals surface area (Å²) in [7, 11) is 0. The molecule has 0 radical (unpaired) electrons. The molecule has 1 atom stereocenters. The molecule has 164 valence electrons. The van der Waals surface area contributed by atoms with E-state index >= 15 is 0 Å². The maximum Gasteiger partial charge on any atom is 0.335 e. The number of H-pyrrole nitrogens is 1. The molecule has 0 amide bonds. The van der Waals surface area contributed by atoms with Crippen LogP contribution in [0.1, 0.15) is 27.7 Å². The van der Waals surface area contributed by atoms with Gasteiger partial charge in [-0.3, -0.25) is 9.78 Å². The zero-order valence-corrected chi connectivity index (χ0v) is 18.0. The van der Waals surface area contributed by atoms with Crippen molar-refractivity contribution in [2.45, 2.75) is 17.1 Å². The number of benzene rings is 3. The Morgan fingerprint density at radius 2 is 1.79 bits per heavy atom. The zero-order chi connectivity index (χ0) is 22.9. The summed E-state index contributed by atoms with van der Waals surface area (Å²) in [5.41, 5.74) is 2.95. The van der Waals surface area contributed by atoms with Crippen LogP contribution < -0.4 is 15.6 Å². The summed E-state index contributed by atoms with van der Waals surface area (Å²) in [4.78, 5) is 27.2. The molecule has 5 rings (SSSR count). The van der Waals surface area contributed by atoms with E-state index in [1.807, 2.05) is 24.3 Å². The van der Waals surface area contributed by atoms with E-state index in [2.05, 4.69) is 15.4 Å². The van der Waals surface area contributed by atoms with Crippen molar-refractivity contribution in [3.63, 3.8) is 0 Å². The molecule has 0 unspecified atom stereocenters. The number of carboxylic acids is 1. The topological polar surface area (TPSA) is 99.0 Å². The first kappa shape index (κ1) is 20.9. The second-order valence-electron chi connectivity index (χ2n) is 7.45. The standard InChI is InChI=1S/C24H17FN4O3S/c25-18-7-3-1-5-16(18)13-33-24-27-22(30)20-17-6-2-4-8-19(17)26-21(29(20)28-24)14-9-11-15(12-10-14)23(31)32/h1-12,21H,13H2,(H2,27,28,30,31,32)/p+1/t21-/m1/s1. The first-order valence-electron chi connectivity index (χ1n) is 10.1. The fourth-order valence-electron chi connectivity index (χ4n) is 3.75. The fourth-order valence-corrected chi connectivity index (χ4v) is 4.59. The molecule has 33 heavy (non-hydrogen) atoms. The highest BCUT2D eigenvalue weighted by atomic mass is 32.2. The van der Waals surface area contributed by atoms with Gasteiger partial charge in [-0.15, -0.1) is 0 Å². The van der Waals surface area contributed by atoms with Crippen LogP contribution in [0.25, 0.3) is 11.3 Å². The Bertz CT molecular complexity index is 1420. The zero-order valence-electron chi connectivity index (χ0n) is 17.2. The van der Waals surface area contributed by atoms with Crippen LogP contribution in [0, 0.1) is 5.82 Å². The van der Waals surface area contributed by atoms with E-state index in [9.17, 15) is 19.1 Å². The molecule has 1 aromatic heterocycles. The van der Waals surface area contributed by atoms with Crippen molar-refractivity contribution >= 4 is 23.4 Å². The summed E-state index contributed by atoms with van der Waals surface area (Å²) in [5, 5.41) is 17.6. The number of aromatic carboxylic acids is 1. The summed E-state index contributed by atoms with van der Waals surface area (Å²) in [6.45, 7) is 0. The van der Waals surface area contributed by atoms with E-state index in [0.717, 1.165) is 11.3 Å². The van der Waals surface area contributed by atoms with E-state index in [0.29, 0.717) is 27.7 Å². The molecule has 0 saturated heterocycles. The molecule has 0 aliphatic carbocycles. The second-order valence-corrected chi connectivity index (χ2v) is 8.42.